The van der Waals surface area contributed by atoms with Gasteiger partial charge in [-0.05, 0) is 25.1 Å². The molecule has 1 rings (SSSR count). The first-order chi connectivity index (χ1) is 7.61. The summed E-state index contributed by atoms with van der Waals surface area (Å²) in [5, 5.41) is 0.997. The molecule has 3 nitrogen and oxygen atoms in total. The highest BCUT2D eigenvalue weighted by Gasteiger charge is 2.03. The van der Waals surface area contributed by atoms with Crippen LogP contribution in [0.1, 0.15) is 13.3 Å². The van der Waals surface area contributed by atoms with E-state index in [1.54, 1.807) is 25.1 Å². The predicted molar refractivity (Wildman–Crippen MR) is 63.2 cm³/mol. The van der Waals surface area contributed by atoms with Gasteiger partial charge in [0.05, 0.1) is 19.6 Å². The smallest absolute Gasteiger partial charge is 0.309 e. The number of carbonyl (C=O) groups is 1. The molecule has 1 aromatic rings. The zero-order valence-electron chi connectivity index (χ0n) is 8.83. The zero-order chi connectivity index (χ0) is 12.0. The molecule has 0 N–H and O–H groups in total. The van der Waals surface area contributed by atoms with Crippen LogP contribution in [-0.2, 0) is 9.53 Å². The number of halogens is 2. The van der Waals surface area contributed by atoms with Gasteiger partial charge in [-0.3, -0.25) is 4.79 Å². The fraction of sp³-hybridized carbons (Fsp3) is 0.364. The van der Waals surface area contributed by atoms with Crippen LogP contribution in [0.4, 0.5) is 0 Å². The molecule has 5 heteroatoms. The van der Waals surface area contributed by atoms with Gasteiger partial charge in [-0.15, -0.1) is 0 Å². The van der Waals surface area contributed by atoms with Crippen LogP contribution in [0.2, 0.25) is 10.0 Å². The first-order valence-electron chi connectivity index (χ1n) is 4.86. The maximum atomic E-state index is 11.0. The second kappa shape index (κ2) is 6.61. The molecule has 0 heterocycles. The molecular formula is C11H12Cl2O3. The number of hydrogen-bond acceptors (Lipinski definition) is 3. The molecule has 1 aromatic carbocycles. The van der Waals surface area contributed by atoms with Crippen molar-refractivity contribution in [2.24, 2.45) is 0 Å². The lowest BCUT2D eigenvalue weighted by molar-refractivity contribution is -0.143. The lowest BCUT2D eigenvalue weighted by Gasteiger charge is -2.06. The van der Waals surface area contributed by atoms with Gasteiger partial charge in [0.25, 0.3) is 0 Å². The maximum absolute atomic E-state index is 11.0. The van der Waals surface area contributed by atoms with E-state index in [2.05, 4.69) is 0 Å². The number of benzene rings is 1. The summed E-state index contributed by atoms with van der Waals surface area (Å²) in [7, 11) is 0. The minimum absolute atomic E-state index is 0.206. The average Bonchev–Trinajstić information content (AvgIpc) is 2.16. The van der Waals surface area contributed by atoms with Gasteiger partial charge in [-0.2, -0.15) is 0 Å². The summed E-state index contributed by atoms with van der Waals surface area (Å²) >= 11 is 11.6. The van der Waals surface area contributed by atoms with E-state index in [4.69, 9.17) is 32.7 Å². The van der Waals surface area contributed by atoms with Gasteiger partial charge in [-0.1, -0.05) is 23.2 Å². The fourth-order valence-corrected chi connectivity index (χ4v) is 1.60. The normalized spacial score (nSPS) is 9.94. The first kappa shape index (κ1) is 13.1. The summed E-state index contributed by atoms with van der Waals surface area (Å²) in [6.07, 6.45) is 0.206. The SMILES string of the molecule is CCOC(=O)CCOc1cc(Cl)cc(Cl)c1. The van der Waals surface area contributed by atoms with Gasteiger partial charge in [0.1, 0.15) is 5.75 Å². The Balaban J connectivity index is 2.40. The molecule has 0 saturated heterocycles. The molecule has 0 aromatic heterocycles. The molecule has 0 spiro atoms. The third-order valence-electron chi connectivity index (χ3n) is 1.72. The van der Waals surface area contributed by atoms with Gasteiger partial charge in [0, 0.05) is 10.0 Å². The highest BCUT2D eigenvalue weighted by Crippen LogP contribution is 2.24. The second-order valence-corrected chi connectivity index (χ2v) is 3.88. The summed E-state index contributed by atoms with van der Waals surface area (Å²) in [4.78, 5) is 11.0. The average molecular weight is 263 g/mol. The Hall–Kier alpha value is -0.930. The molecule has 0 fully saturated rings. The van der Waals surface area contributed by atoms with Crippen molar-refractivity contribution in [2.75, 3.05) is 13.2 Å². The quantitative estimate of drug-likeness (QED) is 0.764. The molecule has 0 atom stereocenters. The van der Waals surface area contributed by atoms with E-state index in [1.807, 2.05) is 0 Å². The van der Waals surface area contributed by atoms with Crippen molar-refractivity contribution < 1.29 is 14.3 Å². The van der Waals surface area contributed by atoms with Crippen LogP contribution < -0.4 is 4.74 Å². The van der Waals surface area contributed by atoms with Crippen molar-refractivity contribution in [3.8, 4) is 5.75 Å². The first-order valence-corrected chi connectivity index (χ1v) is 5.62. The predicted octanol–water partition coefficient (Wildman–Crippen LogP) is 3.33. The van der Waals surface area contributed by atoms with E-state index in [1.165, 1.54) is 0 Å². The number of esters is 1. The third-order valence-corrected chi connectivity index (χ3v) is 2.15. The van der Waals surface area contributed by atoms with Gasteiger partial charge < -0.3 is 9.47 Å². The van der Waals surface area contributed by atoms with Crippen molar-refractivity contribution in [3.63, 3.8) is 0 Å². The second-order valence-electron chi connectivity index (χ2n) is 3.01. The molecule has 16 heavy (non-hydrogen) atoms. The van der Waals surface area contributed by atoms with Crippen LogP contribution in [0.3, 0.4) is 0 Å². The monoisotopic (exact) mass is 262 g/mol. The van der Waals surface area contributed by atoms with Crippen LogP contribution in [0.15, 0.2) is 18.2 Å². The molecule has 0 aliphatic rings. The van der Waals surface area contributed by atoms with E-state index in [9.17, 15) is 4.79 Å². The maximum Gasteiger partial charge on any atom is 0.309 e. The molecular weight excluding hydrogens is 251 g/mol. The zero-order valence-corrected chi connectivity index (χ0v) is 10.3. The van der Waals surface area contributed by atoms with Gasteiger partial charge in [-0.25, -0.2) is 0 Å². The van der Waals surface area contributed by atoms with Crippen molar-refractivity contribution in [1.82, 2.24) is 0 Å². The van der Waals surface area contributed by atoms with E-state index in [-0.39, 0.29) is 19.0 Å². The Morgan fingerprint density at radius 2 is 1.88 bits per heavy atom. The largest absolute Gasteiger partial charge is 0.493 e. The Bertz CT molecular complexity index is 346. The van der Waals surface area contributed by atoms with Crippen LogP contribution in [0, 0.1) is 0 Å². The molecule has 0 radical (unpaired) electrons. The number of hydrogen-bond donors (Lipinski definition) is 0. The number of carbonyl (C=O) groups excluding carboxylic acids is 1. The van der Waals surface area contributed by atoms with Crippen molar-refractivity contribution in [3.05, 3.63) is 28.2 Å². The van der Waals surface area contributed by atoms with Crippen molar-refractivity contribution in [1.29, 1.82) is 0 Å². The minimum Gasteiger partial charge on any atom is -0.493 e. The third kappa shape index (κ3) is 4.73. The van der Waals surface area contributed by atoms with Gasteiger partial charge >= 0.3 is 5.97 Å². The highest BCUT2D eigenvalue weighted by molar-refractivity contribution is 6.34. The molecule has 88 valence electrons. The fourth-order valence-electron chi connectivity index (χ4n) is 1.10. The highest BCUT2D eigenvalue weighted by atomic mass is 35.5. The van der Waals surface area contributed by atoms with E-state index < -0.39 is 0 Å². The summed E-state index contributed by atoms with van der Waals surface area (Å²) in [6.45, 7) is 2.38. The van der Waals surface area contributed by atoms with Gasteiger partial charge in [0.2, 0.25) is 0 Å². The van der Waals surface area contributed by atoms with E-state index >= 15 is 0 Å². The summed E-state index contributed by atoms with van der Waals surface area (Å²) in [5.74, 6) is 0.262. The van der Waals surface area contributed by atoms with Crippen LogP contribution in [0.25, 0.3) is 0 Å². The molecule has 0 unspecified atom stereocenters. The molecule has 0 saturated carbocycles. The minimum atomic E-state index is -0.282. The lowest BCUT2D eigenvalue weighted by Crippen LogP contribution is -2.09. The summed E-state index contributed by atoms with van der Waals surface area (Å²) < 4.78 is 10.1. The van der Waals surface area contributed by atoms with Gasteiger partial charge in [0.15, 0.2) is 0 Å². The standard InChI is InChI=1S/C11H12Cl2O3/c1-2-15-11(14)3-4-16-10-6-8(12)5-9(13)7-10/h5-7H,2-4H2,1H3. The molecule has 0 aliphatic heterocycles. The Kier molecular flexibility index (Phi) is 5.43. The lowest BCUT2D eigenvalue weighted by atomic mass is 10.3. The Morgan fingerprint density at radius 1 is 1.25 bits per heavy atom. The Labute approximate surface area is 104 Å². The van der Waals surface area contributed by atoms with Crippen LogP contribution >= 0.6 is 23.2 Å². The van der Waals surface area contributed by atoms with Crippen molar-refractivity contribution >= 4 is 29.2 Å². The van der Waals surface area contributed by atoms with E-state index in [0.717, 1.165) is 0 Å². The molecule has 0 bridgehead atoms. The van der Waals surface area contributed by atoms with Crippen LogP contribution in [-0.4, -0.2) is 19.2 Å². The number of rotatable bonds is 5. The van der Waals surface area contributed by atoms with E-state index in [0.29, 0.717) is 22.4 Å². The number of ether oxygens (including phenoxy) is 2. The molecule has 0 amide bonds. The molecule has 0 aliphatic carbocycles. The topological polar surface area (TPSA) is 35.5 Å². The summed E-state index contributed by atoms with van der Waals surface area (Å²) in [6, 6.07) is 4.89. The summed E-state index contributed by atoms with van der Waals surface area (Å²) in [5.41, 5.74) is 0. The Morgan fingerprint density at radius 3 is 2.44 bits per heavy atom. The van der Waals surface area contributed by atoms with Crippen LogP contribution in [0.5, 0.6) is 5.75 Å². The van der Waals surface area contributed by atoms with Crippen molar-refractivity contribution in [2.45, 2.75) is 13.3 Å².